The third-order valence-corrected chi connectivity index (χ3v) is 4.53. The van der Waals surface area contributed by atoms with E-state index in [1.54, 1.807) is 6.20 Å². The van der Waals surface area contributed by atoms with Gasteiger partial charge >= 0.3 is 0 Å². The lowest BCUT2D eigenvalue weighted by atomic mass is 10.2. The molecule has 1 aliphatic rings. The molecule has 0 atom stereocenters. The molecule has 134 valence electrons. The number of likely N-dealkylation sites (N-methyl/N-ethyl adjacent to an activating group) is 1. The normalized spacial score (nSPS) is 15.4. The first-order chi connectivity index (χ1) is 12.1. The summed E-state index contributed by atoms with van der Waals surface area (Å²) in [6, 6.07) is 3.74. The molecule has 0 spiro atoms. The fraction of sp³-hybridized carbons (Fsp3) is 0.500. The molecule has 0 radical (unpaired) electrons. The van der Waals surface area contributed by atoms with Crippen LogP contribution in [0, 0.1) is 13.8 Å². The molecule has 25 heavy (non-hydrogen) atoms. The molecule has 1 fully saturated rings. The number of rotatable bonds is 5. The second-order valence-corrected chi connectivity index (χ2v) is 6.29. The zero-order valence-corrected chi connectivity index (χ0v) is 15.1. The minimum absolute atomic E-state index is 0.186. The van der Waals surface area contributed by atoms with E-state index in [-0.39, 0.29) is 5.91 Å². The Morgan fingerprint density at radius 1 is 1.24 bits per heavy atom. The number of piperazine rings is 1. The highest BCUT2D eigenvalue weighted by Crippen LogP contribution is 2.14. The van der Waals surface area contributed by atoms with E-state index >= 15 is 0 Å². The first-order valence-electron chi connectivity index (χ1n) is 8.71. The van der Waals surface area contributed by atoms with Crippen LogP contribution >= 0.6 is 0 Å². The molecule has 2 aromatic heterocycles. The average Bonchev–Trinajstić information content (AvgIpc) is 3.05. The van der Waals surface area contributed by atoms with E-state index in [2.05, 4.69) is 32.0 Å². The van der Waals surface area contributed by atoms with Gasteiger partial charge in [0.1, 0.15) is 11.5 Å². The molecule has 1 N–H and O–H groups in total. The van der Waals surface area contributed by atoms with Crippen LogP contribution in [0.25, 0.3) is 0 Å². The number of anilines is 1. The summed E-state index contributed by atoms with van der Waals surface area (Å²) >= 11 is 0. The lowest BCUT2D eigenvalue weighted by Crippen LogP contribution is -2.46. The standard InChI is InChI=1S/C18H25N5O2/c1-4-22-7-9-23(10-8-22)18-20-12-16(14(3)21-18)17(24)19-11-15-6-5-13(2)25-15/h5-6,12H,4,7-11H2,1-3H3,(H,19,24). The summed E-state index contributed by atoms with van der Waals surface area (Å²) < 4.78 is 5.46. The molecule has 1 amide bonds. The van der Waals surface area contributed by atoms with Gasteiger partial charge in [0.25, 0.3) is 5.91 Å². The molecule has 0 unspecified atom stereocenters. The number of aromatic nitrogens is 2. The van der Waals surface area contributed by atoms with Crippen molar-refractivity contribution in [1.29, 1.82) is 0 Å². The van der Waals surface area contributed by atoms with Crippen LogP contribution in [0.3, 0.4) is 0 Å². The molecule has 0 saturated carbocycles. The SMILES string of the molecule is CCN1CCN(c2ncc(C(=O)NCc3ccc(C)o3)c(C)n2)CC1. The number of amides is 1. The minimum Gasteiger partial charge on any atom is -0.465 e. The summed E-state index contributed by atoms with van der Waals surface area (Å²) in [6.45, 7) is 11.2. The van der Waals surface area contributed by atoms with Gasteiger partial charge in [0, 0.05) is 32.4 Å². The average molecular weight is 343 g/mol. The molecule has 0 aromatic carbocycles. The molecule has 7 heteroatoms. The van der Waals surface area contributed by atoms with Crippen LogP contribution in [0.1, 0.15) is 34.5 Å². The Morgan fingerprint density at radius 2 is 2.00 bits per heavy atom. The van der Waals surface area contributed by atoms with Crippen molar-refractivity contribution < 1.29 is 9.21 Å². The van der Waals surface area contributed by atoms with E-state index in [9.17, 15) is 4.79 Å². The number of nitrogens with zero attached hydrogens (tertiary/aromatic N) is 4. The first kappa shape index (κ1) is 17.4. The van der Waals surface area contributed by atoms with Crippen molar-refractivity contribution in [2.75, 3.05) is 37.6 Å². The number of nitrogens with one attached hydrogen (secondary N) is 1. The molecule has 2 aromatic rings. The Hall–Kier alpha value is -2.41. The topological polar surface area (TPSA) is 74.5 Å². The van der Waals surface area contributed by atoms with E-state index in [0.717, 1.165) is 44.2 Å². The first-order valence-corrected chi connectivity index (χ1v) is 8.71. The molecule has 7 nitrogen and oxygen atoms in total. The van der Waals surface area contributed by atoms with Crippen LogP contribution in [0.5, 0.6) is 0 Å². The van der Waals surface area contributed by atoms with Gasteiger partial charge in [0.15, 0.2) is 0 Å². The number of furan rings is 1. The Kier molecular flexibility index (Phi) is 5.33. The second-order valence-electron chi connectivity index (χ2n) is 6.29. The predicted molar refractivity (Wildman–Crippen MR) is 95.7 cm³/mol. The quantitative estimate of drug-likeness (QED) is 0.892. The van der Waals surface area contributed by atoms with Gasteiger partial charge in [-0.25, -0.2) is 9.97 Å². The predicted octanol–water partition coefficient (Wildman–Crippen LogP) is 1.76. The third-order valence-electron chi connectivity index (χ3n) is 4.53. The Balaban J connectivity index is 1.62. The summed E-state index contributed by atoms with van der Waals surface area (Å²) in [4.78, 5) is 25.9. The fourth-order valence-corrected chi connectivity index (χ4v) is 2.94. The molecule has 0 bridgehead atoms. The largest absolute Gasteiger partial charge is 0.465 e. The Bertz CT molecular complexity index is 735. The molecular formula is C18H25N5O2. The lowest BCUT2D eigenvalue weighted by molar-refractivity contribution is 0.0946. The van der Waals surface area contributed by atoms with Gasteiger partial charge in [-0.1, -0.05) is 6.92 Å². The number of aryl methyl sites for hydroxylation is 2. The van der Waals surface area contributed by atoms with Crippen molar-refractivity contribution >= 4 is 11.9 Å². The van der Waals surface area contributed by atoms with Crippen molar-refractivity contribution in [2.45, 2.75) is 27.3 Å². The van der Waals surface area contributed by atoms with Gasteiger partial charge in [0.05, 0.1) is 17.8 Å². The highest BCUT2D eigenvalue weighted by Gasteiger charge is 2.19. The van der Waals surface area contributed by atoms with Crippen LogP contribution in [-0.4, -0.2) is 53.5 Å². The summed E-state index contributed by atoms with van der Waals surface area (Å²) in [5.41, 5.74) is 1.19. The van der Waals surface area contributed by atoms with E-state index in [0.29, 0.717) is 23.8 Å². The van der Waals surface area contributed by atoms with Crippen LogP contribution < -0.4 is 10.2 Å². The summed E-state index contributed by atoms with van der Waals surface area (Å²) in [5.74, 6) is 2.08. The maximum atomic E-state index is 12.4. The summed E-state index contributed by atoms with van der Waals surface area (Å²) in [5, 5.41) is 2.85. The van der Waals surface area contributed by atoms with E-state index in [4.69, 9.17) is 4.42 Å². The van der Waals surface area contributed by atoms with Crippen molar-refractivity contribution in [3.63, 3.8) is 0 Å². The smallest absolute Gasteiger partial charge is 0.255 e. The number of carbonyl (C=O) groups excluding carboxylic acids is 1. The molecular weight excluding hydrogens is 318 g/mol. The van der Waals surface area contributed by atoms with Crippen molar-refractivity contribution in [1.82, 2.24) is 20.2 Å². The monoisotopic (exact) mass is 343 g/mol. The Morgan fingerprint density at radius 3 is 2.60 bits per heavy atom. The van der Waals surface area contributed by atoms with Crippen LogP contribution in [-0.2, 0) is 6.54 Å². The third kappa shape index (κ3) is 4.17. The molecule has 3 heterocycles. The number of carbonyl (C=O) groups is 1. The van der Waals surface area contributed by atoms with Gasteiger partial charge in [-0.15, -0.1) is 0 Å². The Labute approximate surface area is 148 Å². The molecule has 0 aliphatic carbocycles. The van der Waals surface area contributed by atoms with Gasteiger partial charge in [-0.2, -0.15) is 0 Å². The van der Waals surface area contributed by atoms with Crippen molar-refractivity contribution in [2.24, 2.45) is 0 Å². The summed E-state index contributed by atoms with van der Waals surface area (Å²) in [7, 11) is 0. The maximum absolute atomic E-state index is 12.4. The van der Waals surface area contributed by atoms with Crippen LogP contribution in [0.15, 0.2) is 22.7 Å². The molecule has 1 aliphatic heterocycles. The number of hydrogen-bond acceptors (Lipinski definition) is 6. The van der Waals surface area contributed by atoms with Gasteiger partial charge < -0.3 is 19.5 Å². The van der Waals surface area contributed by atoms with Crippen LogP contribution in [0.4, 0.5) is 5.95 Å². The van der Waals surface area contributed by atoms with Crippen molar-refractivity contribution in [3.05, 3.63) is 41.1 Å². The molecule has 1 saturated heterocycles. The highest BCUT2D eigenvalue weighted by molar-refractivity contribution is 5.94. The highest BCUT2D eigenvalue weighted by atomic mass is 16.3. The van der Waals surface area contributed by atoms with Gasteiger partial charge in [-0.05, 0) is 32.5 Å². The van der Waals surface area contributed by atoms with Crippen molar-refractivity contribution in [3.8, 4) is 0 Å². The minimum atomic E-state index is -0.186. The van der Waals surface area contributed by atoms with E-state index in [1.165, 1.54) is 0 Å². The number of hydrogen-bond donors (Lipinski definition) is 1. The zero-order chi connectivity index (χ0) is 17.8. The maximum Gasteiger partial charge on any atom is 0.255 e. The van der Waals surface area contributed by atoms with Crippen LogP contribution in [0.2, 0.25) is 0 Å². The summed E-state index contributed by atoms with van der Waals surface area (Å²) in [6.07, 6.45) is 1.62. The van der Waals surface area contributed by atoms with Gasteiger partial charge in [-0.3, -0.25) is 4.79 Å². The van der Waals surface area contributed by atoms with E-state index < -0.39 is 0 Å². The van der Waals surface area contributed by atoms with Gasteiger partial charge in [0.2, 0.25) is 5.95 Å². The zero-order valence-electron chi connectivity index (χ0n) is 15.1. The molecule has 3 rings (SSSR count). The van der Waals surface area contributed by atoms with E-state index in [1.807, 2.05) is 26.0 Å². The lowest BCUT2D eigenvalue weighted by Gasteiger charge is -2.34. The fourth-order valence-electron chi connectivity index (χ4n) is 2.94. The second kappa shape index (κ2) is 7.65.